The van der Waals surface area contributed by atoms with Gasteiger partial charge >= 0.3 is 5.97 Å². The number of carbonyl (C=O) groups excluding carboxylic acids is 3. The molecule has 2 amide bonds. The summed E-state index contributed by atoms with van der Waals surface area (Å²) < 4.78 is 5.05. The number of aryl methyl sites for hydroxylation is 3. The zero-order valence-corrected chi connectivity index (χ0v) is 17.5. The van der Waals surface area contributed by atoms with E-state index in [2.05, 4.69) is 22.8 Å². The summed E-state index contributed by atoms with van der Waals surface area (Å²) in [6.07, 6.45) is 4.67. The Balaban J connectivity index is 1.39. The Morgan fingerprint density at radius 3 is 2.53 bits per heavy atom. The number of benzene rings is 2. The van der Waals surface area contributed by atoms with Gasteiger partial charge in [0, 0.05) is 5.69 Å². The van der Waals surface area contributed by atoms with Crippen molar-refractivity contribution in [1.82, 2.24) is 5.32 Å². The highest BCUT2D eigenvalue weighted by Crippen LogP contribution is 2.22. The minimum Gasteiger partial charge on any atom is -0.455 e. The zero-order valence-electron chi connectivity index (χ0n) is 17.5. The SMILES string of the molecule is Cc1cccc(NC(=O)CNC(=O)COC(=O)Cc2ccc3c(c2)CCCC3)c1C. The molecular formula is C24H28N2O4. The van der Waals surface area contributed by atoms with Crippen LogP contribution in [0.15, 0.2) is 36.4 Å². The minimum atomic E-state index is -0.509. The second-order valence-electron chi connectivity index (χ2n) is 7.72. The van der Waals surface area contributed by atoms with Gasteiger partial charge in [-0.3, -0.25) is 14.4 Å². The van der Waals surface area contributed by atoms with Crippen molar-refractivity contribution < 1.29 is 19.1 Å². The van der Waals surface area contributed by atoms with Crippen LogP contribution < -0.4 is 10.6 Å². The molecule has 0 bridgehead atoms. The third-order valence-electron chi connectivity index (χ3n) is 5.45. The van der Waals surface area contributed by atoms with Crippen LogP contribution in [0.5, 0.6) is 0 Å². The molecule has 0 radical (unpaired) electrons. The van der Waals surface area contributed by atoms with Crippen LogP contribution in [0, 0.1) is 13.8 Å². The fourth-order valence-corrected chi connectivity index (χ4v) is 3.57. The first kappa shape index (κ1) is 21.6. The first-order valence-electron chi connectivity index (χ1n) is 10.3. The van der Waals surface area contributed by atoms with E-state index in [4.69, 9.17) is 4.74 Å². The topological polar surface area (TPSA) is 84.5 Å². The summed E-state index contributed by atoms with van der Waals surface area (Å²) in [4.78, 5) is 36.0. The zero-order chi connectivity index (χ0) is 21.5. The van der Waals surface area contributed by atoms with Crippen molar-refractivity contribution in [3.8, 4) is 0 Å². The molecule has 0 atom stereocenters. The van der Waals surface area contributed by atoms with E-state index >= 15 is 0 Å². The first-order chi connectivity index (χ1) is 14.4. The van der Waals surface area contributed by atoms with Crippen LogP contribution in [0.3, 0.4) is 0 Å². The highest BCUT2D eigenvalue weighted by atomic mass is 16.5. The predicted octanol–water partition coefficient (Wildman–Crippen LogP) is 3.02. The van der Waals surface area contributed by atoms with Crippen LogP contribution in [0.4, 0.5) is 5.69 Å². The van der Waals surface area contributed by atoms with E-state index in [-0.39, 0.29) is 18.9 Å². The molecule has 2 aromatic carbocycles. The summed E-state index contributed by atoms with van der Waals surface area (Å²) in [5.74, 6) is -1.30. The molecule has 1 aliphatic rings. The van der Waals surface area contributed by atoms with Crippen LogP contribution in [-0.4, -0.2) is 30.9 Å². The van der Waals surface area contributed by atoms with Crippen molar-refractivity contribution in [3.63, 3.8) is 0 Å². The van der Waals surface area contributed by atoms with Crippen molar-refractivity contribution >= 4 is 23.5 Å². The number of anilines is 1. The highest BCUT2D eigenvalue weighted by molar-refractivity contribution is 5.95. The molecule has 0 heterocycles. The van der Waals surface area contributed by atoms with Crippen molar-refractivity contribution in [1.29, 1.82) is 0 Å². The number of amides is 2. The van der Waals surface area contributed by atoms with Crippen LogP contribution in [-0.2, 0) is 38.4 Å². The monoisotopic (exact) mass is 408 g/mol. The van der Waals surface area contributed by atoms with E-state index in [1.54, 1.807) is 0 Å². The number of hydrogen-bond acceptors (Lipinski definition) is 4. The van der Waals surface area contributed by atoms with Gasteiger partial charge in [-0.15, -0.1) is 0 Å². The Labute approximate surface area is 177 Å². The van der Waals surface area contributed by atoms with E-state index in [1.165, 1.54) is 24.0 Å². The molecular weight excluding hydrogens is 380 g/mol. The van der Waals surface area contributed by atoms with Crippen LogP contribution >= 0.6 is 0 Å². The molecule has 1 aliphatic carbocycles. The van der Waals surface area contributed by atoms with Gasteiger partial charge < -0.3 is 15.4 Å². The Morgan fingerprint density at radius 2 is 1.73 bits per heavy atom. The van der Waals surface area contributed by atoms with Crippen molar-refractivity contribution in [2.75, 3.05) is 18.5 Å². The van der Waals surface area contributed by atoms with Crippen LogP contribution in [0.25, 0.3) is 0 Å². The summed E-state index contributed by atoms with van der Waals surface area (Å²) >= 11 is 0. The number of nitrogens with one attached hydrogen (secondary N) is 2. The van der Waals surface area contributed by atoms with E-state index in [0.717, 1.165) is 29.5 Å². The molecule has 0 aliphatic heterocycles. The Hall–Kier alpha value is -3.15. The molecule has 6 nitrogen and oxygen atoms in total. The summed E-state index contributed by atoms with van der Waals surface area (Å²) in [6.45, 7) is 3.30. The van der Waals surface area contributed by atoms with Gasteiger partial charge in [-0.25, -0.2) is 0 Å². The average Bonchev–Trinajstić information content (AvgIpc) is 2.74. The van der Waals surface area contributed by atoms with Gasteiger partial charge in [0.15, 0.2) is 6.61 Å². The molecule has 3 rings (SSSR count). The summed E-state index contributed by atoms with van der Waals surface area (Å²) in [6, 6.07) is 11.7. The lowest BCUT2D eigenvalue weighted by molar-refractivity contribution is -0.147. The third kappa shape index (κ3) is 5.92. The second kappa shape index (κ2) is 10.1. The molecule has 0 aromatic heterocycles. The van der Waals surface area contributed by atoms with E-state index in [9.17, 15) is 14.4 Å². The summed E-state index contributed by atoms with van der Waals surface area (Å²) in [5, 5.41) is 5.24. The van der Waals surface area contributed by atoms with Crippen molar-refractivity contribution in [2.24, 2.45) is 0 Å². The minimum absolute atomic E-state index is 0.133. The van der Waals surface area contributed by atoms with Gasteiger partial charge in [-0.05, 0) is 73.4 Å². The Bertz CT molecular complexity index is 952. The van der Waals surface area contributed by atoms with E-state index in [1.807, 2.05) is 38.1 Å². The highest BCUT2D eigenvalue weighted by Gasteiger charge is 2.13. The lowest BCUT2D eigenvalue weighted by atomic mass is 9.90. The smallest absolute Gasteiger partial charge is 0.310 e. The lowest BCUT2D eigenvalue weighted by Crippen LogP contribution is -2.35. The average molecular weight is 408 g/mol. The van der Waals surface area contributed by atoms with Crippen molar-refractivity contribution in [2.45, 2.75) is 46.0 Å². The molecule has 0 spiro atoms. The molecule has 2 aromatic rings. The molecule has 0 saturated carbocycles. The standard InChI is InChI=1S/C24H28N2O4/c1-16-6-5-9-21(17(16)2)26-22(27)14-25-23(28)15-30-24(29)13-18-10-11-19-7-3-4-8-20(19)12-18/h5-6,9-12H,3-4,7-8,13-15H2,1-2H3,(H,25,28)(H,26,27). The number of esters is 1. The maximum atomic E-state index is 12.1. The number of rotatable bonds is 7. The molecule has 30 heavy (non-hydrogen) atoms. The number of ether oxygens (including phenoxy) is 1. The molecule has 2 N–H and O–H groups in total. The van der Waals surface area contributed by atoms with Crippen LogP contribution in [0.2, 0.25) is 0 Å². The van der Waals surface area contributed by atoms with Gasteiger partial charge in [0.1, 0.15) is 0 Å². The first-order valence-corrected chi connectivity index (χ1v) is 10.3. The Morgan fingerprint density at radius 1 is 0.967 bits per heavy atom. The Kier molecular flexibility index (Phi) is 7.22. The summed E-state index contributed by atoms with van der Waals surface area (Å²) in [5.41, 5.74) is 6.33. The largest absolute Gasteiger partial charge is 0.455 e. The van der Waals surface area contributed by atoms with Gasteiger partial charge in [-0.2, -0.15) is 0 Å². The van der Waals surface area contributed by atoms with E-state index in [0.29, 0.717) is 5.69 Å². The van der Waals surface area contributed by atoms with E-state index < -0.39 is 18.5 Å². The lowest BCUT2D eigenvalue weighted by Gasteiger charge is -2.16. The normalized spacial score (nSPS) is 12.6. The number of fused-ring (bicyclic) bond motifs is 1. The molecule has 0 saturated heterocycles. The quantitative estimate of drug-likeness (QED) is 0.690. The summed E-state index contributed by atoms with van der Waals surface area (Å²) in [7, 11) is 0. The van der Waals surface area contributed by atoms with Crippen LogP contribution in [0.1, 0.15) is 40.7 Å². The van der Waals surface area contributed by atoms with Gasteiger partial charge in [0.2, 0.25) is 5.91 Å². The molecule has 0 fully saturated rings. The number of hydrogen-bond donors (Lipinski definition) is 2. The fraction of sp³-hybridized carbons (Fsp3) is 0.375. The third-order valence-corrected chi connectivity index (χ3v) is 5.45. The van der Waals surface area contributed by atoms with Gasteiger partial charge in [-0.1, -0.05) is 30.3 Å². The van der Waals surface area contributed by atoms with Crippen molar-refractivity contribution in [3.05, 3.63) is 64.2 Å². The maximum absolute atomic E-state index is 12.1. The van der Waals surface area contributed by atoms with Gasteiger partial charge in [0.05, 0.1) is 13.0 Å². The second-order valence-corrected chi connectivity index (χ2v) is 7.72. The molecule has 158 valence electrons. The molecule has 0 unspecified atom stereocenters. The molecule has 6 heteroatoms. The van der Waals surface area contributed by atoms with Gasteiger partial charge in [0.25, 0.3) is 5.91 Å². The maximum Gasteiger partial charge on any atom is 0.310 e. The number of carbonyl (C=O) groups is 3. The fourth-order valence-electron chi connectivity index (χ4n) is 3.57. The predicted molar refractivity (Wildman–Crippen MR) is 115 cm³/mol.